The van der Waals surface area contributed by atoms with Crippen molar-refractivity contribution in [1.82, 2.24) is 25.0 Å². The van der Waals surface area contributed by atoms with Crippen molar-refractivity contribution in [3.63, 3.8) is 0 Å². The van der Waals surface area contributed by atoms with Crippen molar-refractivity contribution in [2.75, 3.05) is 56.0 Å². The highest BCUT2D eigenvalue weighted by Crippen LogP contribution is 2.23. The van der Waals surface area contributed by atoms with Crippen molar-refractivity contribution in [3.05, 3.63) is 39.5 Å². The number of aromatic carboxylic acids is 1. The molecule has 2 N–H and O–H groups in total. The maximum Gasteiger partial charge on any atom is 0.360 e. The molecule has 3 heterocycles. The minimum Gasteiger partial charge on any atom is -0.476 e. The van der Waals surface area contributed by atoms with Crippen LogP contribution in [0.5, 0.6) is 0 Å². The standard InChI is InChI=1S/C22H27Cl2N7O3/c23-16-4-3-15(17(24)13-16)14-25-20-19(21(33)34)27-28-22(26-20)31-11-9-30(10-12-31)18(32)5-8-29-6-1-2-7-29/h3-4,13H,1-2,5-12,14H2,(H,33,34)(H,25,26,28). The molecule has 0 atom stereocenters. The maximum atomic E-state index is 12.6. The third-order valence-corrected chi connectivity index (χ3v) is 6.68. The number of anilines is 2. The third-order valence-electron chi connectivity index (χ3n) is 6.10. The van der Waals surface area contributed by atoms with E-state index in [0.29, 0.717) is 48.6 Å². The summed E-state index contributed by atoms with van der Waals surface area (Å²) in [7, 11) is 0. The Labute approximate surface area is 207 Å². The summed E-state index contributed by atoms with van der Waals surface area (Å²) >= 11 is 12.2. The largest absolute Gasteiger partial charge is 0.476 e. The lowest BCUT2D eigenvalue weighted by molar-refractivity contribution is -0.131. The van der Waals surface area contributed by atoms with Gasteiger partial charge in [0.2, 0.25) is 17.5 Å². The second-order valence-electron chi connectivity index (χ2n) is 8.37. The van der Waals surface area contributed by atoms with E-state index < -0.39 is 5.97 Å². The molecule has 2 aliphatic rings. The molecular weight excluding hydrogens is 481 g/mol. The number of benzene rings is 1. The lowest BCUT2D eigenvalue weighted by Gasteiger charge is -2.35. The first-order valence-electron chi connectivity index (χ1n) is 11.3. The zero-order chi connectivity index (χ0) is 24.1. The summed E-state index contributed by atoms with van der Waals surface area (Å²) in [5.74, 6) is -0.648. The van der Waals surface area contributed by atoms with Gasteiger partial charge in [0.1, 0.15) is 0 Å². The molecule has 0 spiro atoms. The first-order chi connectivity index (χ1) is 16.4. The van der Waals surface area contributed by atoms with E-state index >= 15 is 0 Å². The molecular formula is C22H27Cl2N7O3. The molecule has 1 aromatic carbocycles. The zero-order valence-electron chi connectivity index (χ0n) is 18.7. The Morgan fingerprint density at radius 1 is 1.03 bits per heavy atom. The predicted molar refractivity (Wildman–Crippen MR) is 130 cm³/mol. The van der Waals surface area contributed by atoms with E-state index in [9.17, 15) is 14.7 Å². The van der Waals surface area contributed by atoms with Gasteiger partial charge in [-0.2, -0.15) is 4.98 Å². The number of aromatic nitrogens is 3. The second kappa shape index (κ2) is 11.2. The molecule has 0 radical (unpaired) electrons. The van der Waals surface area contributed by atoms with E-state index in [2.05, 4.69) is 25.4 Å². The van der Waals surface area contributed by atoms with Gasteiger partial charge in [0.05, 0.1) is 0 Å². The Balaban J connectivity index is 1.37. The summed E-state index contributed by atoms with van der Waals surface area (Å²) in [4.78, 5) is 34.7. The molecule has 0 saturated carbocycles. The summed E-state index contributed by atoms with van der Waals surface area (Å²) in [5, 5.41) is 21.4. The first kappa shape index (κ1) is 24.4. The van der Waals surface area contributed by atoms with Gasteiger partial charge in [-0.25, -0.2) is 4.79 Å². The van der Waals surface area contributed by atoms with Crippen LogP contribution < -0.4 is 10.2 Å². The fraction of sp³-hybridized carbons (Fsp3) is 0.500. The van der Waals surface area contributed by atoms with Crippen LogP contribution >= 0.6 is 23.2 Å². The number of hydrogen-bond donors (Lipinski definition) is 2. The minimum atomic E-state index is -1.23. The van der Waals surface area contributed by atoms with Crippen molar-refractivity contribution in [2.24, 2.45) is 0 Å². The van der Waals surface area contributed by atoms with E-state index in [1.54, 1.807) is 18.2 Å². The van der Waals surface area contributed by atoms with Gasteiger partial charge >= 0.3 is 5.97 Å². The van der Waals surface area contributed by atoms with Gasteiger partial charge in [-0.05, 0) is 43.6 Å². The SMILES string of the molecule is O=C(O)c1nnc(N2CCN(C(=O)CCN3CCCC3)CC2)nc1NCc1ccc(Cl)cc1Cl. The number of likely N-dealkylation sites (tertiary alicyclic amines) is 1. The second-order valence-corrected chi connectivity index (χ2v) is 9.21. The van der Waals surface area contributed by atoms with E-state index in [-0.39, 0.29) is 24.0 Å². The molecule has 2 aromatic rings. The summed E-state index contributed by atoms with van der Waals surface area (Å²) in [6.45, 7) is 5.44. The van der Waals surface area contributed by atoms with Gasteiger partial charge < -0.3 is 25.1 Å². The number of halogens is 2. The minimum absolute atomic E-state index is 0.104. The van der Waals surface area contributed by atoms with Crippen molar-refractivity contribution >= 4 is 46.8 Å². The fourth-order valence-electron chi connectivity index (χ4n) is 4.14. The summed E-state index contributed by atoms with van der Waals surface area (Å²) in [6.07, 6.45) is 2.96. The number of hydrogen-bond acceptors (Lipinski definition) is 8. The number of carboxylic acids is 1. The van der Waals surface area contributed by atoms with Gasteiger partial charge in [-0.1, -0.05) is 29.3 Å². The summed E-state index contributed by atoms with van der Waals surface area (Å²) in [5.41, 5.74) is 0.466. The Morgan fingerprint density at radius 3 is 2.44 bits per heavy atom. The lowest BCUT2D eigenvalue weighted by atomic mass is 10.2. The normalized spacial score (nSPS) is 16.6. The van der Waals surface area contributed by atoms with E-state index in [1.165, 1.54) is 12.8 Å². The number of carbonyl (C=O) groups is 2. The highest BCUT2D eigenvalue weighted by molar-refractivity contribution is 6.35. The fourth-order valence-corrected chi connectivity index (χ4v) is 4.61. The molecule has 1 aromatic heterocycles. The molecule has 34 heavy (non-hydrogen) atoms. The van der Waals surface area contributed by atoms with Crippen LogP contribution in [0.15, 0.2) is 18.2 Å². The van der Waals surface area contributed by atoms with E-state index in [4.69, 9.17) is 23.2 Å². The van der Waals surface area contributed by atoms with E-state index in [1.807, 2.05) is 9.80 Å². The molecule has 0 unspecified atom stereocenters. The molecule has 10 nitrogen and oxygen atoms in total. The Morgan fingerprint density at radius 2 is 1.76 bits per heavy atom. The van der Waals surface area contributed by atoms with Crippen LogP contribution in [0, 0.1) is 0 Å². The van der Waals surface area contributed by atoms with Crippen LogP contribution in [0.25, 0.3) is 0 Å². The number of rotatable bonds is 8. The van der Waals surface area contributed by atoms with Gasteiger partial charge in [-0.15, -0.1) is 10.2 Å². The van der Waals surface area contributed by atoms with Crippen molar-refractivity contribution in [3.8, 4) is 0 Å². The van der Waals surface area contributed by atoms with Gasteiger partial charge in [-0.3, -0.25) is 4.79 Å². The molecule has 1 amide bonds. The Bertz CT molecular complexity index is 1040. The summed E-state index contributed by atoms with van der Waals surface area (Å²) < 4.78 is 0. The Kier molecular flexibility index (Phi) is 8.02. The van der Waals surface area contributed by atoms with Crippen LogP contribution in [-0.4, -0.2) is 87.8 Å². The molecule has 182 valence electrons. The average Bonchev–Trinajstić information content (AvgIpc) is 3.35. The predicted octanol–water partition coefficient (Wildman–Crippen LogP) is 2.62. The number of carbonyl (C=O) groups excluding carboxylic acids is 1. The highest BCUT2D eigenvalue weighted by Gasteiger charge is 2.25. The zero-order valence-corrected chi connectivity index (χ0v) is 20.2. The van der Waals surface area contributed by atoms with Crippen molar-refractivity contribution in [1.29, 1.82) is 0 Å². The van der Waals surface area contributed by atoms with Crippen LogP contribution in [0.3, 0.4) is 0 Å². The van der Waals surface area contributed by atoms with Crippen molar-refractivity contribution in [2.45, 2.75) is 25.8 Å². The number of piperazine rings is 1. The van der Waals surface area contributed by atoms with Crippen LogP contribution in [-0.2, 0) is 11.3 Å². The Hall–Kier alpha value is -2.69. The molecule has 2 fully saturated rings. The van der Waals surface area contributed by atoms with Crippen LogP contribution in [0.2, 0.25) is 10.0 Å². The molecule has 4 rings (SSSR count). The first-order valence-corrected chi connectivity index (χ1v) is 12.1. The maximum absolute atomic E-state index is 12.6. The molecule has 0 aliphatic carbocycles. The van der Waals surface area contributed by atoms with Gasteiger partial charge in [0, 0.05) is 55.7 Å². The topological polar surface area (TPSA) is 115 Å². The van der Waals surface area contributed by atoms with Crippen LogP contribution in [0.4, 0.5) is 11.8 Å². The lowest BCUT2D eigenvalue weighted by Crippen LogP contribution is -2.49. The van der Waals surface area contributed by atoms with E-state index in [0.717, 1.165) is 25.2 Å². The monoisotopic (exact) mass is 507 g/mol. The van der Waals surface area contributed by atoms with Crippen LogP contribution in [0.1, 0.15) is 35.3 Å². The number of amides is 1. The van der Waals surface area contributed by atoms with Gasteiger partial charge in [0.15, 0.2) is 5.82 Å². The van der Waals surface area contributed by atoms with Gasteiger partial charge in [0.25, 0.3) is 0 Å². The van der Waals surface area contributed by atoms with Crippen molar-refractivity contribution < 1.29 is 14.7 Å². The third kappa shape index (κ3) is 6.05. The molecule has 12 heteroatoms. The average molecular weight is 508 g/mol. The molecule has 2 saturated heterocycles. The summed E-state index contributed by atoms with van der Waals surface area (Å²) in [6, 6.07) is 5.08. The number of carboxylic acid groups (broad SMARTS) is 1. The number of nitrogens with one attached hydrogen (secondary N) is 1. The highest BCUT2D eigenvalue weighted by atomic mass is 35.5. The molecule has 0 bridgehead atoms. The smallest absolute Gasteiger partial charge is 0.360 e. The molecule has 2 aliphatic heterocycles. The quantitative estimate of drug-likeness (QED) is 0.555. The number of nitrogens with zero attached hydrogens (tertiary/aromatic N) is 6.